The summed E-state index contributed by atoms with van der Waals surface area (Å²) in [6.45, 7) is 1.38. The molecule has 5 N–H and O–H groups in total. The fraction of sp³-hybridized carbons (Fsp3) is 0.400. The minimum absolute atomic E-state index is 0.0240. The van der Waals surface area contributed by atoms with Crippen LogP contribution in [0.25, 0.3) is 5.70 Å². The minimum atomic E-state index is -4.57. The molecule has 2 aromatic rings. The van der Waals surface area contributed by atoms with E-state index < -0.39 is 17.7 Å². The standard InChI is InChI=1S/C20H23F4N5O/c21-14-4-2-13(3-5-14)18(25)15(6-1-12-7-9-30-10-8-12)19(26)27-17-11-16(28-29-17)20(22,23)24/h2-5,11-12H,1,6-10,25H2,(H3,26,27,28,29). The van der Waals surface area contributed by atoms with Crippen LogP contribution in [0.2, 0.25) is 0 Å². The molecular weight excluding hydrogens is 402 g/mol. The summed E-state index contributed by atoms with van der Waals surface area (Å²) in [5.41, 5.74) is 12.7. The molecule has 1 aliphatic rings. The zero-order valence-corrected chi connectivity index (χ0v) is 16.2. The predicted octanol–water partition coefficient (Wildman–Crippen LogP) is 4.13. The van der Waals surface area contributed by atoms with E-state index in [4.69, 9.17) is 16.2 Å². The van der Waals surface area contributed by atoms with Gasteiger partial charge in [-0.1, -0.05) is 0 Å². The van der Waals surface area contributed by atoms with Crippen LogP contribution in [-0.2, 0) is 10.9 Å². The smallest absolute Gasteiger partial charge is 0.398 e. The molecule has 0 radical (unpaired) electrons. The highest BCUT2D eigenvalue weighted by molar-refractivity contribution is 6.04. The third-order valence-corrected chi connectivity index (χ3v) is 5.04. The molecule has 162 valence electrons. The minimum Gasteiger partial charge on any atom is -0.398 e. The van der Waals surface area contributed by atoms with Gasteiger partial charge in [0.25, 0.3) is 0 Å². The number of hydrogen-bond donors (Lipinski definition) is 3. The van der Waals surface area contributed by atoms with Gasteiger partial charge in [0.2, 0.25) is 0 Å². The number of halogens is 4. The molecule has 0 bridgehead atoms. The highest BCUT2D eigenvalue weighted by Gasteiger charge is 2.33. The number of alkyl halides is 3. The normalized spacial score (nSPS) is 17.1. The number of hydrogen-bond acceptors (Lipinski definition) is 4. The molecule has 0 saturated carbocycles. The summed E-state index contributed by atoms with van der Waals surface area (Å²) in [4.78, 5) is 4.04. The van der Waals surface area contributed by atoms with Crippen molar-refractivity contribution in [3.8, 4) is 0 Å². The first kappa shape index (κ1) is 21.8. The number of aromatic amines is 1. The topological polar surface area (TPSA) is 102 Å². The third-order valence-electron chi connectivity index (χ3n) is 5.04. The Labute approximate surface area is 171 Å². The zero-order chi connectivity index (χ0) is 21.7. The molecule has 0 spiro atoms. The summed E-state index contributed by atoms with van der Waals surface area (Å²) in [5.74, 6) is -0.211. The maximum Gasteiger partial charge on any atom is 0.432 e. The number of nitrogens with two attached hydrogens (primary N) is 2. The van der Waals surface area contributed by atoms with Crippen LogP contribution in [0.4, 0.5) is 23.4 Å². The second kappa shape index (κ2) is 9.29. The van der Waals surface area contributed by atoms with Crippen LogP contribution in [0.5, 0.6) is 0 Å². The van der Waals surface area contributed by atoms with E-state index in [1.165, 1.54) is 24.3 Å². The SMILES string of the molecule is NC(=Nc1cc(C(F)(F)F)[nH]n1)C(CCC1CCOCC1)=C(N)c1ccc(F)cc1. The third kappa shape index (κ3) is 5.59. The first-order valence-corrected chi connectivity index (χ1v) is 9.53. The number of aliphatic imine (C=N–C) groups is 1. The van der Waals surface area contributed by atoms with E-state index in [0.29, 0.717) is 42.4 Å². The Morgan fingerprint density at radius 3 is 2.43 bits per heavy atom. The van der Waals surface area contributed by atoms with Crippen molar-refractivity contribution in [2.24, 2.45) is 22.4 Å². The van der Waals surface area contributed by atoms with Crippen molar-refractivity contribution in [2.45, 2.75) is 31.9 Å². The van der Waals surface area contributed by atoms with E-state index in [1.807, 2.05) is 5.10 Å². The van der Waals surface area contributed by atoms with E-state index in [-0.39, 0.29) is 11.7 Å². The number of aromatic nitrogens is 2. The number of nitrogens with zero attached hydrogens (tertiary/aromatic N) is 2. The van der Waals surface area contributed by atoms with E-state index in [2.05, 4.69) is 10.1 Å². The molecule has 0 aliphatic carbocycles. The monoisotopic (exact) mass is 425 g/mol. The lowest BCUT2D eigenvalue weighted by Crippen LogP contribution is -2.21. The lowest BCUT2D eigenvalue weighted by molar-refractivity contribution is -0.141. The maximum absolute atomic E-state index is 13.3. The van der Waals surface area contributed by atoms with Crippen molar-refractivity contribution in [3.05, 3.63) is 53.0 Å². The van der Waals surface area contributed by atoms with Crippen molar-refractivity contribution in [1.82, 2.24) is 10.2 Å². The van der Waals surface area contributed by atoms with Crippen molar-refractivity contribution < 1.29 is 22.3 Å². The number of rotatable bonds is 6. The molecule has 0 amide bonds. The highest BCUT2D eigenvalue weighted by atomic mass is 19.4. The summed E-state index contributed by atoms with van der Waals surface area (Å²) in [6.07, 6.45) is -1.50. The van der Waals surface area contributed by atoms with Gasteiger partial charge in [0.05, 0.1) is 0 Å². The van der Waals surface area contributed by atoms with Gasteiger partial charge in [-0.05, 0) is 61.4 Å². The number of H-pyrrole nitrogens is 1. The number of amidine groups is 1. The molecule has 2 heterocycles. The average Bonchev–Trinajstić information content (AvgIpc) is 3.18. The average molecular weight is 425 g/mol. The molecule has 1 aliphatic heterocycles. The predicted molar refractivity (Wildman–Crippen MR) is 105 cm³/mol. The van der Waals surface area contributed by atoms with E-state index in [1.54, 1.807) is 0 Å². The summed E-state index contributed by atoms with van der Waals surface area (Å²) in [7, 11) is 0. The second-order valence-electron chi connectivity index (χ2n) is 7.13. The van der Waals surface area contributed by atoms with Crippen molar-refractivity contribution >= 4 is 17.4 Å². The molecule has 1 aromatic carbocycles. The van der Waals surface area contributed by atoms with Crippen LogP contribution < -0.4 is 11.5 Å². The zero-order valence-electron chi connectivity index (χ0n) is 16.2. The molecular formula is C20H23F4N5O. The van der Waals surface area contributed by atoms with Gasteiger partial charge in [-0.25, -0.2) is 9.38 Å². The Morgan fingerprint density at radius 2 is 1.83 bits per heavy atom. The van der Waals surface area contributed by atoms with E-state index in [9.17, 15) is 17.6 Å². The fourth-order valence-electron chi connectivity index (χ4n) is 3.29. The van der Waals surface area contributed by atoms with Crippen LogP contribution in [0.1, 0.15) is 36.9 Å². The van der Waals surface area contributed by atoms with Gasteiger partial charge in [0.15, 0.2) is 5.82 Å². The first-order chi connectivity index (χ1) is 14.2. The van der Waals surface area contributed by atoms with Crippen molar-refractivity contribution in [1.29, 1.82) is 0 Å². The van der Waals surface area contributed by atoms with Gasteiger partial charge < -0.3 is 16.2 Å². The quantitative estimate of drug-likeness (QED) is 0.368. The Bertz CT molecular complexity index is 912. The highest BCUT2D eigenvalue weighted by Crippen LogP contribution is 2.30. The van der Waals surface area contributed by atoms with Crippen LogP contribution >= 0.6 is 0 Å². The molecule has 0 unspecified atom stereocenters. The Kier molecular flexibility index (Phi) is 6.76. The van der Waals surface area contributed by atoms with Gasteiger partial charge in [-0.3, -0.25) is 5.10 Å². The van der Waals surface area contributed by atoms with E-state index in [0.717, 1.165) is 25.3 Å². The summed E-state index contributed by atoms with van der Waals surface area (Å²) in [6, 6.07) is 6.35. The second-order valence-corrected chi connectivity index (χ2v) is 7.13. The van der Waals surface area contributed by atoms with Crippen molar-refractivity contribution in [2.75, 3.05) is 13.2 Å². The molecule has 3 rings (SSSR count). The Morgan fingerprint density at radius 1 is 1.17 bits per heavy atom. The Hall–Kier alpha value is -2.88. The largest absolute Gasteiger partial charge is 0.432 e. The van der Waals surface area contributed by atoms with Crippen molar-refractivity contribution in [3.63, 3.8) is 0 Å². The summed E-state index contributed by atoms with van der Waals surface area (Å²) in [5, 5.41) is 5.46. The lowest BCUT2D eigenvalue weighted by Gasteiger charge is -2.22. The van der Waals surface area contributed by atoms with Gasteiger partial charge in [-0.2, -0.15) is 18.3 Å². The van der Waals surface area contributed by atoms with Crippen LogP contribution in [-0.4, -0.2) is 29.2 Å². The van der Waals surface area contributed by atoms with Crippen LogP contribution in [0.15, 0.2) is 40.9 Å². The molecule has 30 heavy (non-hydrogen) atoms. The van der Waals surface area contributed by atoms with Gasteiger partial charge in [-0.15, -0.1) is 0 Å². The summed E-state index contributed by atoms with van der Waals surface area (Å²) < 4.78 is 57.0. The Balaban J connectivity index is 1.89. The molecule has 1 saturated heterocycles. The maximum atomic E-state index is 13.3. The number of nitrogens with one attached hydrogen (secondary N) is 1. The van der Waals surface area contributed by atoms with E-state index >= 15 is 0 Å². The molecule has 0 atom stereocenters. The molecule has 1 fully saturated rings. The molecule has 10 heteroatoms. The molecule has 1 aromatic heterocycles. The number of ether oxygens (including phenoxy) is 1. The van der Waals surface area contributed by atoms with Gasteiger partial charge in [0, 0.05) is 30.6 Å². The van der Waals surface area contributed by atoms with Crippen LogP contribution in [0.3, 0.4) is 0 Å². The first-order valence-electron chi connectivity index (χ1n) is 9.53. The fourth-order valence-corrected chi connectivity index (χ4v) is 3.29. The lowest BCUT2D eigenvalue weighted by atomic mass is 9.91. The van der Waals surface area contributed by atoms with Gasteiger partial charge in [0.1, 0.15) is 17.3 Å². The molecule has 6 nitrogen and oxygen atoms in total. The van der Waals surface area contributed by atoms with Crippen LogP contribution in [0, 0.1) is 11.7 Å². The number of benzene rings is 1. The summed E-state index contributed by atoms with van der Waals surface area (Å²) >= 11 is 0. The van der Waals surface area contributed by atoms with Gasteiger partial charge >= 0.3 is 6.18 Å².